The van der Waals surface area contributed by atoms with Crippen molar-refractivity contribution in [1.82, 2.24) is 0 Å². The van der Waals surface area contributed by atoms with Gasteiger partial charge in [0.1, 0.15) is 0 Å². The highest BCUT2D eigenvalue weighted by Crippen LogP contribution is 2.46. The van der Waals surface area contributed by atoms with E-state index in [0.29, 0.717) is 11.1 Å². The summed E-state index contributed by atoms with van der Waals surface area (Å²) in [6.07, 6.45) is -0.185. The van der Waals surface area contributed by atoms with Gasteiger partial charge in [0, 0.05) is 14.2 Å². The Morgan fingerprint density at radius 3 is 1.39 bits per heavy atom. The second kappa shape index (κ2) is 6.11. The van der Waals surface area contributed by atoms with E-state index in [0.717, 1.165) is 0 Å². The molecule has 1 rings (SSSR count). The number of benzene rings is 1. The molecule has 2 atom stereocenters. The molecule has 2 unspecified atom stereocenters. The van der Waals surface area contributed by atoms with Crippen LogP contribution in [-0.4, -0.2) is 24.0 Å². The molecule has 0 radical (unpaired) electrons. The molecule has 2 N–H and O–H groups in total. The molecule has 0 aliphatic rings. The van der Waals surface area contributed by atoms with Gasteiger partial charge in [-0.3, -0.25) is 9.13 Å². The minimum absolute atomic E-state index is 0.0924. The first kappa shape index (κ1) is 15.6. The molecule has 102 valence electrons. The summed E-state index contributed by atoms with van der Waals surface area (Å²) in [7, 11) is -4.82. The first-order valence-electron chi connectivity index (χ1n) is 5.11. The van der Waals surface area contributed by atoms with Crippen molar-refractivity contribution in [2.24, 2.45) is 0 Å². The summed E-state index contributed by atoms with van der Waals surface area (Å²) in [5, 5.41) is 0. The predicted octanol–water partition coefficient (Wildman–Crippen LogP) is 2.35. The topological polar surface area (TPSA) is 93.1 Å². The van der Waals surface area contributed by atoms with Crippen LogP contribution >= 0.6 is 15.2 Å². The van der Waals surface area contributed by atoms with Crippen molar-refractivity contribution in [3.8, 4) is 0 Å². The molecule has 0 heterocycles. The lowest BCUT2D eigenvalue weighted by Gasteiger charge is -2.11. The van der Waals surface area contributed by atoms with E-state index in [2.05, 4.69) is 9.05 Å². The van der Waals surface area contributed by atoms with Gasteiger partial charge in [0.2, 0.25) is 0 Å². The second-order valence-corrected chi connectivity index (χ2v) is 7.69. The number of rotatable bonds is 6. The molecular formula is C10H16O6P2. The predicted molar refractivity (Wildman–Crippen MR) is 67.5 cm³/mol. The molecule has 0 aromatic heterocycles. The van der Waals surface area contributed by atoms with Gasteiger partial charge in [-0.15, -0.1) is 0 Å². The van der Waals surface area contributed by atoms with Gasteiger partial charge in [0.05, 0.1) is 12.3 Å². The lowest BCUT2D eigenvalue weighted by molar-refractivity contribution is 0.313. The van der Waals surface area contributed by atoms with Crippen LogP contribution in [0, 0.1) is 0 Å². The average Bonchev–Trinajstić information content (AvgIpc) is 2.31. The Hall–Kier alpha value is -0.480. The van der Waals surface area contributed by atoms with Gasteiger partial charge >= 0.3 is 15.2 Å². The fourth-order valence-corrected chi connectivity index (χ4v) is 2.94. The van der Waals surface area contributed by atoms with Crippen LogP contribution in [0.4, 0.5) is 0 Å². The van der Waals surface area contributed by atoms with Crippen LogP contribution in [0.5, 0.6) is 0 Å². The second-order valence-electron chi connectivity index (χ2n) is 3.77. The smallest absolute Gasteiger partial charge is 0.324 e. The van der Waals surface area contributed by atoms with Crippen molar-refractivity contribution in [2.45, 2.75) is 12.3 Å². The van der Waals surface area contributed by atoms with Gasteiger partial charge in [-0.05, 0) is 11.1 Å². The van der Waals surface area contributed by atoms with Crippen LogP contribution in [0.15, 0.2) is 24.3 Å². The van der Waals surface area contributed by atoms with Crippen LogP contribution in [0.25, 0.3) is 0 Å². The Morgan fingerprint density at radius 1 is 0.889 bits per heavy atom. The molecule has 0 spiro atoms. The van der Waals surface area contributed by atoms with Crippen LogP contribution in [0.2, 0.25) is 0 Å². The zero-order valence-corrected chi connectivity index (χ0v) is 11.9. The van der Waals surface area contributed by atoms with Gasteiger partial charge in [-0.1, -0.05) is 24.3 Å². The van der Waals surface area contributed by atoms with Crippen molar-refractivity contribution in [3.05, 3.63) is 35.4 Å². The molecular weight excluding hydrogens is 278 g/mol. The molecule has 0 aliphatic heterocycles. The molecule has 0 saturated carbocycles. The van der Waals surface area contributed by atoms with Crippen LogP contribution in [0.3, 0.4) is 0 Å². The molecule has 0 fully saturated rings. The molecule has 0 amide bonds. The monoisotopic (exact) mass is 294 g/mol. The Labute approximate surface area is 106 Å². The van der Waals surface area contributed by atoms with E-state index < -0.39 is 15.2 Å². The van der Waals surface area contributed by atoms with E-state index in [1.165, 1.54) is 14.2 Å². The minimum atomic E-state index is -3.59. The summed E-state index contributed by atoms with van der Waals surface area (Å²) in [4.78, 5) is 18.6. The van der Waals surface area contributed by atoms with E-state index in [1.807, 2.05) is 0 Å². The lowest BCUT2D eigenvalue weighted by Crippen LogP contribution is -1.93. The third kappa shape index (κ3) is 5.02. The van der Waals surface area contributed by atoms with Crippen molar-refractivity contribution >= 4 is 15.2 Å². The first-order valence-corrected chi connectivity index (χ1v) is 8.63. The van der Waals surface area contributed by atoms with Crippen LogP contribution < -0.4 is 0 Å². The average molecular weight is 294 g/mol. The highest BCUT2D eigenvalue weighted by atomic mass is 31.2. The quantitative estimate of drug-likeness (QED) is 0.782. The maximum atomic E-state index is 11.3. The summed E-state index contributed by atoms with van der Waals surface area (Å²) in [6.45, 7) is 0. The Kier molecular flexibility index (Phi) is 5.29. The molecule has 6 nitrogen and oxygen atoms in total. The summed E-state index contributed by atoms with van der Waals surface area (Å²) in [6, 6.07) is 6.47. The third-order valence-electron chi connectivity index (χ3n) is 2.36. The van der Waals surface area contributed by atoms with Crippen molar-refractivity contribution in [1.29, 1.82) is 0 Å². The normalized spacial score (nSPS) is 18.0. The molecule has 1 aromatic carbocycles. The summed E-state index contributed by atoms with van der Waals surface area (Å²) in [5.41, 5.74) is 1.24. The van der Waals surface area contributed by atoms with E-state index in [-0.39, 0.29) is 12.3 Å². The molecule has 0 bridgehead atoms. The Balaban J connectivity index is 2.75. The summed E-state index contributed by atoms with van der Waals surface area (Å²) in [5.74, 6) is 0. The molecule has 18 heavy (non-hydrogen) atoms. The minimum Gasteiger partial charge on any atom is -0.324 e. The molecule has 0 saturated heterocycles. The number of hydrogen-bond acceptors (Lipinski definition) is 4. The highest BCUT2D eigenvalue weighted by Gasteiger charge is 2.19. The fraction of sp³-hybridized carbons (Fsp3) is 0.400. The van der Waals surface area contributed by atoms with Crippen molar-refractivity contribution in [2.75, 3.05) is 14.2 Å². The SMILES string of the molecule is COP(=O)(O)Cc1ccc(CP(=O)(O)OC)cc1. The maximum Gasteiger partial charge on any atom is 0.332 e. The summed E-state index contributed by atoms with van der Waals surface area (Å²) >= 11 is 0. The molecule has 0 aliphatic carbocycles. The molecule has 1 aromatic rings. The highest BCUT2D eigenvalue weighted by molar-refractivity contribution is 7.52. The van der Waals surface area contributed by atoms with Crippen LogP contribution in [0.1, 0.15) is 11.1 Å². The zero-order chi connectivity index (χ0) is 13.8. The van der Waals surface area contributed by atoms with E-state index in [4.69, 9.17) is 0 Å². The first-order chi connectivity index (χ1) is 8.28. The van der Waals surface area contributed by atoms with Gasteiger partial charge in [-0.2, -0.15) is 0 Å². The Bertz CT molecular complexity index is 439. The van der Waals surface area contributed by atoms with Gasteiger partial charge in [-0.25, -0.2) is 0 Å². The third-order valence-corrected chi connectivity index (χ3v) is 5.03. The van der Waals surface area contributed by atoms with E-state index in [9.17, 15) is 18.9 Å². The van der Waals surface area contributed by atoms with Gasteiger partial charge in [0.15, 0.2) is 0 Å². The van der Waals surface area contributed by atoms with Crippen LogP contribution in [-0.2, 0) is 30.5 Å². The van der Waals surface area contributed by atoms with E-state index >= 15 is 0 Å². The van der Waals surface area contributed by atoms with E-state index in [1.54, 1.807) is 24.3 Å². The van der Waals surface area contributed by atoms with Gasteiger partial charge in [0.25, 0.3) is 0 Å². The largest absolute Gasteiger partial charge is 0.332 e. The summed E-state index contributed by atoms with van der Waals surface area (Å²) < 4.78 is 31.6. The maximum absolute atomic E-state index is 11.3. The zero-order valence-electron chi connectivity index (χ0n) is 10.1. The Morgan fingerprint density at radius 2 is 1.17 bits per heavy atom. The fourth-order valence-electron chi connectivity index (χ4n) is 1.34. The lowest BCUT2D eigenvalue weighted by atomic mass is 10.2. The van der Waals surface area contributed by atoms with Crippen molar-refractivity contribution in [3.63, 3.8) is 0 Å². The van der Waals surface area contributed by atoms with Crippen molar-refractivity contribution < 1.29 is 28.0 Å². The van der Waals surface area contributed by atoms with Gasteiger partial charge < -0.3 is 18.8 Å². The number of hydrogen-bond donors (Lipinski definition) is 2. The molecule has 8 heteroatoms. The standard InChI is InChI=1S/C10H16O6P2/c1-15-17(11,12)7-9-3-5-10(6-4-9)8-18(13,14)16-2/h3-6H,7-8H2,1-2H3,(H,11,12)(H,13,14).